The Morgan fingerprint density at radius 3 is 0.923 bits per heavy atom. The van der Waals surface area contributed by atoms with Gasteiger partial charge in [-0.1, -0.05) is 117 Å². The predicted octanol–water partition coefficient (Wildman–Crippen LogP) is 3.85. The molecule has 0 aliphatic carbocycles. The number of unbranched alkanes of at least 4 members (excludes halogenated alkanes) is 16. The number of hydrogen-bond donors (Lipinski definition) is 0. The third-order valence-electron chi connectivity index (χ3n) is 6.57. The van der Waals surface area contributed by atoms with Gasteiger partial charge in [0.2, 0.25) is 11.8 Å². The second-order valence-electron chi connectivity index (χ2n) is 10.4. The summed E-state index contributed by atoms with van der Waals surface area (Å²) in [4.78, 5) is 46.2. The van der Waals surface area contributed by atoms with E-state index in [4.69, 9.17) is 0 Å². The number of likely N-dealkylation sites (N-methyl/N-ethyl adjacent to an activating group) is 2. The van der Waals surface area contributed by atoms with Crippen LogP contribution in [0.1, 0.15) is 142 Å². The number of rotatable bonds is 24. The topological polar surface area (TPSA) is 121 Å². The molecule has 0 spiro atoms. The molecule has 0 aliphatic heterocycles. The first-order chi connectivity index (χ1) is 18.1. The molecular weight excluding hydrogens is 509 g/mol. The SMILES string of the molecule is CCCCCCCCCCCC(=O)N(C)CC(=O)[O-].CCCCCCCCCCCC(=O)N(C)CC(=O)[O-].[Mg+2]. The molecule has 0 aliphatic rings. The number of carboxylic acids is 2. The van der Waals surface area contributed by atoms with Gasteiger partial charge in [-0.15, -0.1) is 0 Å². The second kappa shape index (κ2) is 31.2. The Morgan fingerprint density at radius 1 is 0.462 bits per heavy atom. The molecule has 0 saturated carbocycles. The molecule has 9 heteroatoms. The Labute approximate surface area is 254 Å². The van der Waals surface area contributed by atoms with Gasteiger partial charge in [-0.25, -0.2) is 0 Å². The van der Waals surface area contributed by atoms with Crippen LogP contribution in [0.2, 0.25) is 0 Å². The molecule has 39 heavy (non-hydrogen) atoms. The molecule has 0 N–H and O–H groups in total. The van der Waals surface area contributed by atoms with Gasteiger partial charge in [0.25, 0.3) is 0 Å². The molecule has 2 amide bonds. The van der Waals surface area contributed by atoms with E-state index >= 15 is 0 Å². The van der Waals surface area contributed by atoms with Gasteiger partial charge in [0, 0.05) is 26.9 Å². The molecule has 0 bridgehead atoms. The third kappa shape index (κ3) is 32.8. The molecule has 0 saturated heterocycles. The van der Waals surface area contributed by atoms with Crippen LogP contribution in [0, 0.1) is 0 Å². The standard InChI is InChI=1S/2C15H29NO3.Mg/c2*1-3-4-5-6-7-8-9-10-11-12-14(17)16(2)13-15(18)19;/h2*3-13H2,1-2H3,(H,18,19);/q;;+2/p-2. The van der Waals surface area contributed by atoms with Gasteiger partial charge in [0.05, 0.1) is 25.0 Å². The van der Waals surface area contributed by atoms with E-state index in [0.29, 0.717) is 12.8 Å². The van der Waals surface area contributed by atoms with Crippen LogP contribution in [0.5, 0.6) is 0 Å². The zero-order valence-corrected chi connectivity index (χ0v) is 27.0. The van der Waals surface area contributed by atoms with E-state index < -0.39 is 11.9 Å². The van der Waals surface area contributed by atoms with Crippen molar-refractivity contribution in [2.75, 3.05) is 27.2 Å². The summed E-state index contributed by atoms with van der Waals surface area (Å²) in [5.41, 5.74) is 0. The van der Waals surface area contributed by atoms with Crippen molar-refractivity contribution < 1.29 is 29.4 Å². The van der Waals surface area contributed by atoms with Crippen LogP contribution >= 0.6 is 0 Å². The Bertz CT molecular complexity index is 566. The zero-order valence-electron chi connectivity index (χ0n) is 25.6. The minimum atomic E-state index is -1.21. The fraction of sp³-hybridized carbons (Fsp3) is 0.867. The van der Waals surface area contributed by atoms with E-state index in [1.54, 1.807) is 0 Å². The monoisotopic (exact) mass is 564 g/mol. The second-order valence-corrected chi connectivity index (χ2v) is 10.4. The Kier molecular flexibility index (Phi) is 33.7. The van der Waals surface area contributed by atoms with E-state index in [2.05, 4.69) is 13.8 Å². The third-order valence-corrected chi connectivity index (χ3v) is 6.57. The molecule has 0 aromatic rings. The van der Waals surface area contributed by atoms with E-state index in [0.717, 1.165) is 25.7 Å². The van der Waals surface area contributed by atoms with Crippen molar-refractivity contribution in [1.29, 1.82) is 0 Å². The summed E-state index contributed by atoms with van der Waals surface area (Å²) in [6, 6.07) is 0. The number of carbonyl (C=O) groups excluding carboxylic acids is 4. The summed E-state index contributed by atoms with van der Waals surface area (Å²) < 4.78 is 0. The molecule has 0 atom stereocenters. The average molecular weight is 565 g/mol. The van der Waals surface area contributed by atoms with Gasteiger partial charge in [-0.3, -0.25) is 9.59 Å². The van der Waals surface area contributed by atoms with Crippen LogP contribution in [0.15, 0.2) is 0 Å². The first-order valence-corrected chi connectivity index (χ1v) is 15.0. The minimum absolute atomic E-state index is 0. The van der Waals surface area contributed by atoms with Crippen molar-refractivity contribution in [3.63, 3.8) is 0 Å². The van der Waals surface area contributed by atoms with Gasteiger partial charge in [-0.05, 0) is 12.8 Å². The van der Waals surface area contributed by atoms with Crippen molar-refractivity contribution in [2.24, 2.45) is 0 Å². The summed E-state index contributed by atoms with van der Waals surface area (Å²) in [6.45, 7) is 3.81. The van der Waals surface area contributed by atoms with E-state index in [-0.39, 0.29) is 48.0 Å². The maximum atomic E-state index is 11.5. The fourth-order valence-corrected chi connectivity index (χ4v) is 4.12. The number of aliphatic carboxylic acids is 2. The maximum Gasteiger partial charge on any atom is 2.00 e. The summed E-state index contributed by atoms with van der Waals surface area (Å²) in [7, 11) is 3.01. The first kappa shape index (κ1) is 42.1. The number of nitrogens with zero attached hydrogens (tertiary/aromatic N) is 2. The average Bonchev–Trinajstić information content (AvgIpc) is 2.86. The van der Waals surface area contributed by atoms with Gasteiger partial charge in [0.1, 0.15) is 0 Å². The summed E-state index contributed by atoms with van der Waals surface area (Å²) in [5, 5.41) is 20.7. The summed E-state index contributed by atoms with van der Waals surface area (Å²) in [5.74, 6) is -2.62. The van der Waals surface area contributed by atoms with E-state index in [1.165, 1.54) is 114 Å². The zero-order chi connectivity index (χ0) is 29.0. The molecule has 0 aromatic carbocycles. The summed E-state index contributed by atoms with van der Waals surface area (Å²) in [6.07, 6.45) is 22.6. The van der Waals surface area contributed by atoms with E-state index in [1.807, 2.05) is 0 Å². The number of carboxylic acid groups (broad SMARTS) is 2. The number of carbonyl (C=O) groups is 4. The van der Waals surface area contributed by atoms with Crippen molar-refractivity contribution >= 4 is 46.8 Å². The summed E-state index contributed by atoms with van der Waals surface area (Å²) >= 11 is 0. The number of hydrogen-bond acceptors (Lipinski definition) is 6. The molecule has 0 unspecified atom stereocenters. The molecule has 0 radical (unpaired) electrons. The largest absolute Gasteiger partial charge is 2.00 e. The Balaban J connectivity index is -0.000000648. The van der Waals surface area contributed by atoms with Crippen LogP contribution in [-0.2, 0) is 19.2 Å². The normalized spacial score (nSPS) is 10.2. The van der Waals surface area contributed by atoms with Crippen molar-refractivity contribution in [3.05, 3.63) is 0 Å². The van der Waals surface area contributed by atoms with Gasteiger partial charge < -0.3 is 29.6 Å². The molecule has 0 fully saturated rings. The maximum absolute atomic E-state index is 11.5. The molecule has 0 heterocycles. The van der Waals surface area contributed by atoms with E-state index in [9.17, 15) is 29.4 Å². The van der Waals surface area contributed by atoms with Crippen LogP contribution in [0.3, 0.4) is 0 Å². The van der Waals surface area contributed by atoms with Crippen LogP contribution in [-0.4, -0.2) is 83.8 Å². The molecule has 8 nitrogen and oxygen atoms in total. The molecule has 0 rings (SSSR count). The van der Waals surface area contributed by atoms with Crippen LogP contribution in [0.4, 0.5) is 0 Å². The van der Waals surface area contributed by atoms with Crippen molar-refractivity contribution in [3.8, 4) is 0 Å². The van der Waals surface area contributed by atoms with Gasteiger partial charge >= 0.3 is 23.1 Å². The van der Waals surface area contributed by atoms with Crippen molar-refractivity contribution in [1.82, 2.24) is 9.80 Å². The van der Waals surface area contributed by atoms with Crippen LogP contribution in [0.25, 0.3) is 0 Å². The van der Waals surface area contributed by atoms with Gasteiger partial charge in [-0.2, -0.15) is 0 Å². The Morgan fingerprint density at radius 2 is 0.692 bits per heavy atom. The molecule has 224 valence electrons. The smallest absolute Gasteiger partial charge is 0.548 e. The first-order valence-electron chi connectivity index (χ1n) is 15.0. The number of amides is 2. The van der Waals surface area contributed by atoms with Gasteiger partial charge in [0.15, 0.2) is 0 Å². The predicted molar refractivity (Wildman–Crippen MR) is 155 cm³/mol. The quantitative estimate of drug-likeness (QED) is 0.130. The van der Waals surface area contributed by atoms with Crippen LogP contribution < -0.4 is 10.2 Å². The molecular formula is C30H56MgN2O6. The minimum Gasteiger partial charge on any atom is -0.548 e. The van der Waals surface area contributed by atoms with Crippen molar-refractivity contribution in [2.45, 2.75) is 142 Å². The fourth-order valence-electron chi connectivity index (χ4n) is 4.12. The Hall–Kier alpha value is -1.35. The molecule has 0 aromatic heterocycles.